The van der Waals surface area contributed by atoms with Crippen molar-refractivity contribution in [3.8, 4) is 0 Å². The summed E-state index contributed by atoms with van der Waals surface area (Å²) in [6, 6.07) is 0. The van der Waals surface area contributed by atoms with Crippen LogP contribution < -0.4 is 0 Å². The molecule has 0 spiro atoms. The van der Waals surface area contributed by atoms with E-state index in [4.69, 9.17) is 37.0 Å². The maximum absolute atomic E-state index is 13.1. The van der Waals surface area contributed by atoms with Gasteiger partial charge in [-0.3, -0.25) is 37.3 Å². The molecule has 3 N–H and O–H groups in total. The summed E-state index contributed by atoms with van der Waals surface area (Å²) in [6.45, 7) is 5.02. The molecule has 0 bridgehead atoms. The first-order valence-corrected chi connectivity index (χ1v) is 46.3. The van der Waals surface area contributed by atoms with Crippen molar-refractivity contribution in [2.24, 2.45) is 0 Å². The Morgan fingerprint density at radius 1 is 0.235 bits per heavy atom. The van der Waals surface area contributed by atoms with Crippen molar-refractivity contribution in [3.63, 3.8) is 0 Å². The van der Waals surface area contributed by atoms with Gasteiger partial charge in [-0.05, 0) is 25.7 Å². The summed E-state index contributed by atoms with van der Waals surface area (Å²) in [7, 11) is -9.92. The highest BCUT2D eigenvalue weighted by Gasteiger charge is 2.30. The highest BCUT2D eigenvalue weighted by atomic mass is 31.2. The molecule has 0 aromatic carbocycles. The molecule has 0 saturated carbocycles. The van der Waals surface area contributed by atoms with Crippen LogP contribution in [0.5, 0.6) is 0 Å². The van der Waals surface area contributed by atoms with Crippen LogP contribution in [0.3, 0.4) is 0 Å². The summed E-state index contributed by atoms with van der Waals surface area (Å²) in [4.78, 5) is 73.0. The van der Waals surface area contributed by atoms with Gasteiger partial charge in [0.1, 0.15) is 19.3 Å². The lowest BCUT2D eigenvalue weighted by molar-refractivity contribution is -0.161. The maximum atomic E-state index is 13.1. The standard InChI is InChI=1S/C83H162O17P2/c1-5-9-13-17-21-25-28-31-34-37-39-42-45-48-51-54-58-62-66-70-83(88)100-79(74-94-81(86)68-64-60-56-52-49-46-43-41-38-35-32-29-26-22-18-14-10-6-2)76-98-102(91,92)96-72-77(84)71-95-101(89,90)97-75-78(73-93-80(85)67-63-59-55-24-20-16-12-8-4)99-82(87)69-65-61-57-53-50-47-44-40-36-33-30-27-23-19-15-11-7-3/h77-79,84H,5-76H2,1-4H3,(H,89,90)(H,91,92)/t77-,78+,79+/m0/s1. The van der Waals surface area contributed by atoms with E-state index in [1.807, 2.05) is 0 Å². The van der Waals surface area contributed by atoms with Gasteiger partial charge >= 0.3 is 39.5 Å². The molecule has 0 heterocycles. The minimum atomic E-state index is -4.96. The first-order chi connectivity index (χ1) is 49.7. The number of aliphatic hydroxyl groups is 1. The van der Waals surface area contributed by atoms with Crippen molar-refractivity contribution in [1.29, 1.82) is 0 Å². The zero-order valence-corrected chi connectivity index (χ0v) is 68.4. The first-order valence-electron chi connectivity index (χ1n) is 43.3. The van der Waals surface area contributed by atoms with Crippen LogP contribution in [0.1, 0.15) is 451 Å². The molecule has 0 aliphatic carbocycles. The molecule has 0 rings (SSSR count). The molecular formula is C83H162O17P2. The highest BCUT2D eigenvalue weighted by molar-refractivity contribution is 7.47. The summed E-state index contributed by atoms with van der Waals surface area (Å²) in [5.41, 5.74) is 0. The topological polar surface area (TPSA) is 237 Å². The van der Waals surface area contributed by atoms with Gasteiger partial charge in [0.05, 0.1) is 26.4 Å². The first kappa shape index (κ1) is 100. The molecular weight excluding hydrogens is 1330 g/mol. The smallest absolute Gasteiger partial charge is 0.462 e. The number of ether oxygens (including phenoxy) is 4. The van der Waals surface area contributed by atoms with Crippen LogP contribution in [0.4, 0.5) is 0 Å². The van der Waals surface area contributed by atoms with E-state index in [0.29, 0.717) is 25.7 Å². The zero-order chi connectivity index (χ0) is 74.6. The van der Waals surface area contributed by atoms with Gasteiger partial charge in [-0.2, -0.15) is 0 Å². The molecule has 0 aromatic rings. The van der Waals surface area contributed by atoms with Crippen molar-refractivity contribution >= 4 is 39.5 Å². The van der Waals surface area contributed by atoms with Gasteiger partial charge in [0, 0.05) is 25.7 Å². The van der Waals surface area contributed by atoms with E-state index in [-0.39, 0.29) is 25.7 Å². The van der Waals surface area contributed by atoms with Gasteiger partial charge in [-0.25, -0.2) is 9.13 Å². The third kappa shape index (κ3) is 76.3. The van der Waals surface area contributed by atoms with Crippen LogP contribution in [0.25, 0.3) is 0 Å². The predicted molar refractivity (Wildman–Crippen MR) is 419 cm³/mol. The van der Waals surface area contributed by atoms with Gasteiger partial charge < -0.3 is 33.8 Å². The minimum absolute atomic E-state index is 0.109. The molecule has 606 valence electrons. The van der Waals surface area contributed by atoms with E-state index < -0.39 is 97.5 Å². The number of unbranched alkanes of at least 4 members (excludes halogenated alkanes) is 58. The lowest BCUT2D eigenvalue weighted by atomic mass is 10.0. The molecule has 19 heteroatoms. The summed E-state index contributed by atoms with van der Waals surface area (Å²) in [5, 5.41) is 10.6. The number of phosphoric ester groups is 2. The van der Waals surface area contributed by atoms with E-state index in [1.165, 1.54) is 283 Å². The van der Waals surface area contributed by atoms with Gasteiger partial charge in [0.25, 0.3) is 0 Å². The Hall–Kier alpha value is -1.94. The molecule has 0 saturated heterocycles. The maximum Gasteiger partial charge on any atom is 0.472 e. The fraction of sp³-hybridized carbons (Fsp3) is 0.952. The van der Waals surface area contributed by atoms with Crippen molar-refractivity contribution in [1.82, 2.24) is 0 Å². The summed E-state index contributed by atoms with van der Waals surface area (Å²) in [5.74, 6) is -2.10. The average Bonchev–Trinajstić information content (AvgIpc) is 0.924. The van der Waals surface area contributed by atoms with Gasteiger partial charge in [0.2, 0.25) is 0 Å². The van der Waals surface area contributed by atoms with E-state index in [2.05, 4.69) is 27.7 Å². The Balaban J connectivity index is 5.19. The largest absolute Gasteiger partial charge is 0.472 e. The number of phosphoric acid groups is 2. The van der Waals surface area contributed by atoms with Crippen molar-refractivity contribution in [3.05, 3.63) is 0 Å². The number of carbonyl (C=O) groups excluding carboxylic acids is 4. The normalized spacial score (nSPS) is 13.8. The van der Waals surface area contributed by atoms with Gasteiger partial charge in [0.15, 0.2) is 12.2 Å². The van der Waals surface area contributed by atoms with E-state index in [1.54, 1.807) is 0 Å². The van der Waals surface area contributed by atoms with Crippen LogP contribution in [0, 0.1) is 0 Å². The fourth-order valence-corrected chi connectivity index (χ4v) is 14.6. The quantitative estimate of drug-likeness (QED) is 0.0222. The van der Waals surface area contributed by atoms with Crippen LogP contribution in [0.15, 0.2) is 0 Å². The molecule has 17 nitrogen and oxygen atoms in total. The van der Waals surface area contributed by atoms with Crippen molar-refractivity contribution in [2.75, 3.05) is 39.6 Å². The van der Waals surface area contributed by atoms with Gasteiger partial charge in [-0.15, -0.1) is 0 Å². The Labute approximate surface area is 626 Å². The van der Waals surface area contributed by atoms with E-state index >= 15 is 0 Å². The predicted octanol–water partition coefficient (Wildman–Crippen LogP) is 25.4. The van der Waals surface area contributed by atoms with Crippen molar-refractivity contribution in [2.45, 2.75) is 470 Å². The van der Waals surface area contributed by atoms with Crippen LogP contribution >= 0.6 is 15.6 Å². The average molecular weight is 1490 g/mol. The van der Waals surface area contributed by atoms with E-state index in [9.17, 15) is 43.2 Å². The Kier molecular flexibility index (Phi) is 75.8. The number of rotatable bonds is 84. The Bertz CT molecular complexity index is 1930. The fourth-order valence-electron chi connectivity index (χ4n) is 13.0. The second-order valence-corrected chi connectivity index (χ2v) is 32.8. The van der Waals surface area contributed by atoms with Crippen molar-refractivity contribution < 1.29 is 80.2 Å². The Morgan fingerprint density at radius 2 is 0.392 bits per heavy atom. The molecule has 102 heavy (non-hydrogen) atoms. The summed E-state index contributed by atoms with van der Waals surface area (Å²) in [6.07, 6.45) is 70.9. The number of aliphatic hydroxyl groups excluding tert-OH is 1. The second-order valence-electron chi connectivity index (χ2n) is 29.9. The number of carbonyl (C=O) groups is 4. The summed E-state index contributed by atoms with van der Waals surface area (Å²) >= 11 is 0. The molecule has 0 aliphatic heterocycles. The minimum Gasteiger partial charge on any atom is -0.462 e. The molecule has 0 aliphatic rings. The van der Waals surface area contributed by atoms with Crippen LogP contribution in [-0.2, 0) is 65.4 Å². The summed E-state index contributed by atoms with van der Waals surface area (Å²) < 4.78 is 68.7. The zero-order valence-electron chi connectivity index (χ0n) is 66.6. The van der Waals surface area contributed by atoms with E-state index in [0.717, 1.165) is 89.9 Å². The molecule has 0 aromatic heterocycles. The number of hydrogen-bond donors (Lipinski definition) is 3. The second kappa shape index (κ2) is 77.2. The Morgan fingerprint density at radius 3 is 0.578 bits per heavy atom. The third-order valence-corrected chi connectivity index (χ3v) is 21.5. The van der Waals surface area contributed by atoms with Crippen LogP contribution in [0.2, 0.25) is 0 Å². The molecule has 0 radical (unpaired) electrons. The van der Waals surface area contributed by atoms with Gasteiger partial charge in [-0.1, -0.05) is 400 Å². The monoisotopic (exact) mass is 1490 g/mol. The molecule has 0 amide bonds. The lowest BCUT2D eigenvalue weighted by Crippen LogP contribution is -2.30. The highest BCUT2D eigenvalue weighted by Crippen LogP contribution is 2.45. The number of esters is 4. The lowest BCUT2D eigenvalue weighted by Gasteiger charge is -2.21. The SMILES string of the molecule is CCCCCCCCCCCCCCCCCCCCCC(=O)O[C@H](COC(=O)CCCCCCCCCCCCCCCCCCCC)COP(=O)(O)OC[C@@H](O)COP(=O)(O)OC[C@@H](COC(=O)CCCCCCCCCC)OC(=O)CCCCCCCCCCCCCCCCCCC. The molecule has 2 unspecified atom stereocenters. The third-order valence-electron chi connectivity index (χ3n) is 19.6. The molecule has 5 atom stereocenters. The molecule has 0 fully saturated rings. The number of hydrogen-bond acceptors (Lipinski definition) is 15. The van der Waals surface area contributed by atoms with Crippen LogP contribution in [-0.4, -0.2) is 96.7 Å².